The van der Waals surface area contributed by atoms with E-state index in [0.29, 0.717) is 12.1 Å². The van der Waals surface area contributed by atoms with Crippen molar-refractivity contribution in [3.8, 4) is 0 Å². The zero-order chi connectivity index (χ0) is 13.1. The molecule has 1 aliphatic carbocycles. The van der Waals surface area contributed by atoms with Crippen molar-refractivity contribution >= 4 is 11.4 Å². The SMILES string of the molecule is CCOC1CC(Nc2cc([N+](=O)[O-])ccc2C)C1. The summed E-state index contributed by atoms with van der Waals surface area (Å²) in [6.07, 6.45) is 2.28. The molecule has 0 atom stereocenters. The van der Waals surface area contributed by atoms with Gasteiger partial charge in [0.2, 0.25) is 0 Å². The number of nitro groups is 1. The van der Waals surface area contributed by atoms with Gasteiger partial charge in [-0.05, 0) is 32.3 Å². The van der Waals surface area contributed by atoms with Gasteiger partial charge in [-0.25, -0.2) is 0 Å². The van der Waals surface area contributed by atoms with E-state index >= 15 is 0 Å². The summed E-state index contributed by atoms with van der Waals surface area (Å²) in [5, 5.41) is 14.1. The maximum Gasteiger partial charge on any atom is 0.271 e. The van der Waals surface area contributed by atoms with Crippen molar-refractivity contribution in [2.75, 3.05) is 11.9 Å². The molecule has 2 rings (SSSR count). The average molecular weight is 250 g/mol. The Bertz CT molecular complexity index is 442. The molecule has 1 aromatic carbocycles. The Morgan fingerprint density at radius 2 is 2.22 bits per heavy atom. The van der Waals surface area contributed by atoms with E-state index in [1.165, 1.54) is 6.07 Å². The molecule has 98 valence electrons. The van der Waals surface area contributed by atoms with Crippen LogP contribution in [0, 0.1) is 17.0 Å². The van der Waals surface area contributed by atoms with E-state index in [2.05, 4.69) is 5.32 Å². The summed E-state index contributed by atoms with van der Waals surface area (Å²) in [6.45, 7) is 4.68. The molecule has 1 saturated carbocycles. The highest BCUT2D eigenvalue weighted by Gasteiger charge is 2.29. The summed E-state index contributed by atoms with van der Waals surface area (Å²) < 4.78 is 5.49. The first-order valence-corrected chi connectivity index (χ1v) is 6.23. The second-order valence-corrected chi connectivity index (χ2v) is 4.65. The number of aryl methyl sites for hydroxylation is 1. The lowest BCUT2D eigenvalue weighted by molar-refractivity contribution is -0.384. The lowest BCUT2D eigenvalue weighted by Crippen LogP contribution is -2.40. The summed E-state index contributed by atoms with van der Waals surface area (Å²) >= 11 is 0. The molecule has 0 unspecified atom stereocenters. The standard InChI is InChI=1S/C13H18N2O3/c1-3-18-12-6-10(7-12)14-13-8-11(15(16)17)5-4-9(13)2/h4-5,8,10,12,14H,3,6-7H2,1-2H3. The third-order valence-corrected chi connectivity index (χ3v) is 3.29. The molecular formula is C13H18N2O3. The Balaban J connectivity index is 1.97. The molecule has 0 radical (unpaired) electrons. The van der Waals surface area contributed by atoms with Crippen LogP contribution >= 0.6 is 0 Å². The molecule has 5 nitrogen and oxygen atoms in total. The fourth-order valence-electron chi connectivity index (χ4n) is 2.15. The van der Waals surface area contributed by atoms with Crippen LogP contribution in [-0.4, -0.2) is 23.7 Å². The van der Waals surface area contributed by atoms with E-state index < -0.39 is 0 Å². The van der Waals surface area contributed by atoms with Gasteiger partial charge in [0.1, 0.15) is 0 Å². The molecule has 0 amide bonds. The highest BCUT2D eigenvalue weighted by atomic mass is 16.6. The largest absolute Gasteiger partial charge is 0.382 e. The van der Waals surface area contributed by atoms with Crippen molar-refractivity contribution in [1.82, 2.24) is 0 Å². The molecule has 0 saturated heterocycles. The van der Waals surface area contributed by atoms with Crippen LogP contribution in [0.25, 0.3) is 0 Å². The molecule has 1 aromatic rings. The number of nitrogens with zero attached hydrogens (tertiary/aromatic N) is 1. The normalized spacial score (nSPS) is 22.3. The average Bonchev–Trinajstić information content (AvgIpc) is 2.28. The molecular weight excluding hydrogens is 232 g/mol. The summed E-state index contributed by atoms with van der Waals surface area (Å²) in [5.41, 5.74) is 2.01. The Morgan fingerprint density at radius 3 is 2.83 bits per heavy atom. The summed E-state index contributed by atoms with van der Waals surface area (Å²) in [5.74, 6) is 0. The lowest BCUT2D eigenvalue weighted by atomic mass is 9.89. The van der Waals surface area contributed by atoms with Crippen LogP contribution in [0.3, 0.4) is 0 Å². The first-order chi connectivity index (χ1) is 8.60. The maximum atomic E-state index is 10.7. The molecule has 0 aromatic heterocycles. The van der Waals surface area contributed by atoms with E-state index in [9.17, 15) is 10.1 Å². The quantitative estimate of drug-likeness (QED) is 0.644. The number of ether oxygens (including phenoxy) is 1. The molecule has 0 aliphatic heterocycles. The van der Waals surface area contributed by atoms with Gasteiger partial charge in [0, 0.05) is 30.5 Å². The molecule has 0 spiro atoms. The van der Waals surface area contributed by atoms with Gasteiger partial charge in [0.05, 0.1) is 11.0 Å². The van der Waals surface area contributed by atoms with Gasteiger partial charge in [-0.2, -0.15) is 0 Å². The van der Waals surface area contributed by atoms with Crippen molar-refractivity contribution in [2.45, 2.75) is 38.8 Å². The number of nitrogens with one attached hydrogen (secondary N) is 1. The molecule has 1 N–H and O–H groups in total. The molecule has 0 bridgehead atoms. The second-order valence-electron chi connectivity index (χ2n) is 4.65. The molecule has 18 heavy (non-hydrogen) atoms. The third kappa shape index (κ3) is 2.79. The van der Waals surface area contributed by atoms with E-state index in [1.807, 2.05) is 13.8 Å². The van der Waals surface area contributed by atoms with Crippen LogP contribution in [0.15, 0.2) is 18.2 Å². The topological polar surface area (TPSA) is 64.4 Å². The predicted octanol–water partition coefficient (Wildman–Crippen LogP) is 2.88. The van der Waals surface area contributed by atoms with Crippen molar-refractivity contribution in [3.63, 3.8) is 0 Å². The number of benzene rings is 1. The molecule has 1 fully saturated rings. The van der Waals surface area contributed by atoms with E-state index in [-0.39, 0.29) is 10.6 Å². The number of hydrogen-bond acceptors (Lipinski definition) is 4. The minimum Gasteiger partial charge on any atom is -0.382 e. The molecule has 1 aliphatic rings. The number of rotatable bonds is 5. The van der Waals surface area contributed by atoms with E-state index in [4.69, 9.17) is 4.74 Å². The first-order valence-electron chi connectivity index (χ1n) is 6.23. The molecule has 5 heteroatoms. The van der Waals surface area contributed by atoms with Crippen molar-refractivity contribution in [3.05, 3.63) is 33.9 Å². The number of non-ortho nitro benzene ring substituents is 1. The Morgan fingerprint density at radius 1 is 1.50 bits per heavy atom. The van der Waals surface area contributed by atoms with Gasteiger partial charge in [-0.15, -0.1) is 0 Å². The first kappa shape index (κ1) is 12.8. The van der Waals surface area contributed by atoms with Crippen LogP contribution in [-0.2, 0) is 4.74 Å². The van der Waals surface area contributed by atoms with Crippen LogP contribution in [0.2, 0.25) is 0 Å². The number of nitro benzene ring substituents is 1. The van der Waals surface area contributed by atoms with Crippen LogP contribution < -0.4 is 5.32 Å². The van der Waals surface area contributed by atoms with Crippen LogP contribution in [0.5, 0.6) is 0 Å². The Kier molecular flexibility index (Phi) is 3.81. The van der Waals surface area contributed by atoms with Gasteiger partial charge in [0.25, 0.3) is 5.69 Å². The van der Waals surface area contributed by atoms with Crippen molar-refractivity contribution in [1.29, 1.82) is 0 Å². The van der Waals surface area contributed by atoms with Gasteiger partial charge in [-0.1, -0.05) is 6.07 Å². The number of anilines is 1. The minimum atomic E-state index is -0.367. The van der Waals surface area contributed by atoms with Crippen molar-refractivity contribution < 1.29 is 9.66 Å². The Hall–Kier alpha value is -1.62. The van der Waals surface area contributed by atoms with Gasteiger partial charge in [-0.3, -0.25) is 10.1 Å². The van der Waals surface area contributed by atoms with Gasteiger partial charge < -0.3 is 10.1 Å². The van der Waals surface area contributed by atoms with Crippen LogP contribution in [0.1, 0.15) is 25.3 Å². The molecule has 0 heterocycles. The predicted molar refractivity (Wildman–Crippen MR) is 69.9 cm³/mol. The van der Waals surface area contributed by atoms with E-state index in [0.717, 1.165) is 30.7 Å². The van der Waals surface area contributed by atoms with Crippen molar-refractivity contribution in [2.24, 2.45) is 0 Å². The zero-order valence-corrected chi connectivity index (χ0v) is 10.7. The van der Waals surface area contributed by atoms with Gasteiger partial charge >= 0.3 is 0 Å². The van der Waals surface area contributed by atoms with E-state index in [1.54, 1.807) is 12.1 Å². The van der Waals surface area contributed by atoms with Crippen LogP contribution in [0.4, 0.5) is 11.4 Å². The summed E-state index contributed by atoms with van der Waals surface area (Å²) in [6, 6.07) is 5.27. The Labute approximate surface area is 106 Å². The minimum absolute atomic E-state index is 0.129. The fraction of sp³-hybridized carbons (Fsp3) is 0.538. The highest BCUT2D eigenvalue weighted by molar-refractivity contribution is 5.57. The smallest absolute Gasteiger partial charge is 0.271 e. The summed E-state index contributed by atoms with van der Waals surface area (Å²) in [4.78, 5) is 10.4. The monoisotopic (exact) mass is 250 g/mol. The lowest BCUT2D eigenvalue weighted by Gasteiger charge is -2.36. The second kappa shape index (κ2) is 5.35. The maximum absolute atomic E-state index is 10.7. The zero-order valence-electron chi connectivity index (χ0n) is 10.7. The summed E-state index contributed by atoms with van der Waals surface area (Å²) in [7, 11) is 0. The third-order valence-electron chi connectivity index (χ3n) is 3.29. The highest BCUT2D eigenvalue weighted by Crippen LogP contribution is 2.29. The fourth-order valence-corrected chi connectivity index (χ4v) is 2.15. The van der Waals surface area contributed by atoms with Gasteiger partial charge in [0.15, 0.2) is 0 Å². The number of hydrogen-bond donors (Lipinski definition) is 1.